The summed E-state index contributed by atoms with van der Waals surface area (Å²) < 4.78 is 0. The lowest BCUT2D eigenvalue weighted by atomic mass is 10.1. The third-order valence-corrected chi connectivity index (χ3v) is 2.91. The van der Waals surface area contributed by atoms with Crippen molar-refractivity contribution in [2.75, 3.05) is 5.32 Å². The zero-order valence-electron chi connectivity index (χ0n) is 11.3. The van der Waals surface area contributed by atoms with Crippen LogP contribution in [0.1, 0.15) is 28.9 Å². The predicted molar refractivity (Wildman–Crippen MR) is 80.6 cm³/mol. The maximum Gasteiger partial charge on any atom is 0.187 e. The summed E-state index contributed by atoms with van der Waals surface area (Å²) in [4.78, 5) is 11.8. The highest BCUT2D eigenvalue weighted by Gasteiger charge is 2.01. The monoisotopic (exact) mass is 267 g/mol. The predicted octanol–water partition coefficient (Wildman–Crippen LogP) is 3.55. The Morgan fingerprint density at radius 1 is 1.15 bits per heavy atom. The van der Waals surface area contributed by atoms with Crippen LogP contribution in [0, 0.1) is 0 Å². The van der Waals surface area contributed by atoms with Crippen LogP contribution in [-0.4, -0.2) is 10.9 Å². The van der Waals surface area contributed by atoms with E-state index in [0.29, 0.717) is 5.56 Å². The Labute approximate surface area is 118 Å². The fraction of sp³-hybridized carbons (Fsp3) is 0.118. The Kier molecular flexibility index (Phi) is 4.69. The molecule has 0 bridgehead atoms. The molecule has 0 aliphatic carbocycles. The van der Waals surface area contributed by atoms with Crippen LogP contribution in [0.3, 0.4) is 0 Å². The van der Waals surface area contributed by atoms with Gasteiger partial charge in [0, 0.05) is 23.5 Å². The highest BCUT2D eigenvalue weighted by atomic mass is 16.3. The fourth-order valence-corrected chi connectivity index (χ4v) is 1.80. The van der Waals surface area contributed by atoms with Crippen molar-refractivity contribution in [2.24, 2.45) is 0 Å². The van der Waals surface area contributed by atoms with Gasteiger partial charge in [0.05, 0.1) is 6.10 Å². The number of aliphatic hydroxyl groups excluding tert-OH is 1. The number of nitrogens with one attached hydrogen (secondary N) is 1. The van der Waals surface area contributed by atoms with Gasteiger partial charge in [-0.3, -0.25) is 4.79 Å². The molecular formula is C17H17NO2. The van der Waals surface area contributed by atoms with E-state index in [4.69, 9.17) is 0 Å². The molecule has 0 unspecified atom stereocenters. The molecule has 0 heterocycles. The molecule has 20 heavy (non-hydrogen) atoms. The minimum absolute atomic E-state index is 0.0511. The highest BCUT2D eigenvalue weighted by Crippen LogP contribution is 2.16. The van der Waals surface area contributed by atoms with Gasteiger partial charge in [0.15, 0.2) is 5.78 Å². The summed E-state index contributed by atoms with van der Waals surface area (Å²) in [5.74, 6) is -0.0511. The molecular weight excluding hydrogens is 250 g/mol. The number of carbonyl (C=O) groups is 1. The number of benzene rings is 2. The number of ketones is 1. The molecule has 2 rings (SSSR count). The second-order valence-electron chi connectivity index (χ2n) is 4.51. The SMILES string of the molecule is C[C@@H](O)c1cccc(N/C=C/C(=O)c2ccccc2)c1. The Morgan fingerprint density at radius 2 is 1.90 bits per heavy atom. The summed E-state index contributed by atoms with van der Waals surface area (Å²) in [6, 6.07) is 16.5. The van der Waals surface area contributed by atoms with Gasteiger partial charge in [-0.2, -0.15) is 0 Å². The third-order valence-electron chi connectivity index (χ3n) is 2.91. The molecule has 0 aromatic heterocycles. The van der Waals surface area contributed by atoms with Gasteiger partial charge in [-0.25, -0.2) is 0 Å². The number of anilines is 1. The van der Waals surface area contributed by atoms with Gasteiger partial charge in [-0.05, 0) is 24.6 Å². The van der Waals surface area contributed by atoms with Crippen molar-refractivity contribution in [1.29, 1.82) is 0 Å². The molecule has 0 saturated heterocycles. The lowest BCUT2D eigenvalue weighted by molar-refractivity contribution is 0.104. The Hall–Kier alpha value is -2.39. The topological polar surface area (TPSA) is 49.3 Å². The first kappa shape index (κ1) is 14.0. The molecule has 2 aromatic carbocycles. The summed E-state index contributed by atoms with van der Waals surface area (Å²) in [6.07, 6.45) is 2.59. The van der Waals surface area contributed by atoms with Crippen LogP contribution < -0.4 is 5.32 Å². The van der Waals surface area contributed by atoms with Crippen molar-refractivity contribution in [2.45, 2.75) is 13.0 Å². The molecule has 0 aliphatic rings. The van der Waals surface area contributed by atoms with Crippen LogP contribution >= 0.6 is 0 Å². The number of rotatable bonds is 5. The Morgan fingerprint density at radius 3 is 2.60 bits per heavy atom. The molecule has 0 spiro atoms. The molecule has 0 fully saturated rings. The minimum atomic E-state index is -0.508. The van der Waals surface area contributed by atoms with E-state index in [1.54, 1.807) is 25.3 Å². The van der Waals surface area contributed by atoms with Gasteiger partial charge in [-0.1, -0.05) is 42.5 Å². The average molecular weight is 267 g/mol. The first-order valence-electron chi connectivity index (χ1n) is 6.47. The Bertz CT molecular complexity index is 603. The maximum absolute atomic E-state index is 11.8. The molecule has 102 valence electrons. The first-order valence-corrected chi connectivity index (χ1v) is 6.47. The molecule has 3 heteroatoms. The Balaban J connectivity index is 2.00. The van der Waals surface area contributed by atoms with Crippen LogP contribution in [0.25, 0.3) is 0 Å². The molecule has 1 atom stereocenters. The lowest BCUT2D eigenvalue weighted by Gasteiger charge is -2.07. The summed E-state index contributed by atoms with van der Waals surface area (Å²) in [5, 5.41) is 12.5. The number of allylic oxidation sites excluding steroid dienone is 1. The van der Waals surface area contributed by atoms with Gasteiger partial charge in [0.25, 0.3) is 0 Å². The number of hydrogen-bond donors (Lipinski definition) is 2. The van der Waals surface area contributed by atoms with E-state index in [1.165, 1.54) is 6.08 Å². The van der Waals surface area contributed by atoms with Crippen LogP contribution in [0.15, 0.2) is 66.9 Å². The summed E-state index contributed by atoms with van der Waals surface area (Å²) in [5.41, 5.74) is 2.32. The van der Waals surface area contributed by atoms with E-state index in [2.05, 4.69) is 5.32 Å². The smallest absolute Gasteiger partial charge is 0.187 e. The van der Waals surface area contributed by atoms with E-state index >= 15 is 0 Å². The van der Waals surface area contributed by atoms with Crippen molar-refractivity contribution >= 4 is 11.5 Å². The summed E-state index contributed by atoms with van der Waals surface area (Å²) >= 11 is 0. The zero-order valence-corrected chi connectivity index (χ0v) is 11.3. The van der Waals surface area contributed by atoms with Crippen molar-refractivity contribution in [3.63, 3.8) is 0 Å². The van der Waals surface area contributed by atoms with E-state index in [0.717, 1.165) is 11.3 Å². The number of hydrogen-bond acceptors (Lipinski definition) is 3. The van der Waals surface area contributed by atoms with E-state index in [-0.39, 0.29) is 5.78 Å². The minimum Gasteiger partial charge on any atom is -0.389 e. The quantitative estimate of drug-likeness (QED) is 0.643. The van der Waals surface area contributed by atoms with E-state index in [1.807, 2.05) is 42.5 Å². The van der Waals surface area contributed by atoms with Crippen LogP contribution in [0.5, 0.6) is 0 Å². The second kappa shape index (κ2) is 6.68. The maximum atomic E-state index is 11.8. The van der Waals surface area contributed by atoms with Crippen LogP contribution in [0.2, 0.25) is 0 Å². The summed E-state index contributed by atoms with van der Waals surface area (Å²) in [7, 11) is 0. The van der Waals surface area contributed by atoms with Crippen molar-refractivity contribution < 1.29 is 9.90 Å². The molecule has 3 nitrogen and oxygen atoms in total. The molecule has 0 radical (unpaired) electrons. The number of carbonyl (C=O) groups excluding carboxylic acids is 1. The van der Waals surface area contributed by atoms with Gasteiger partial charge in [0.1, 0.15) is 0 Å². The molecule has 0 aliphatic heterocycles. The standard InChI is InChI=1S/C17H17NO2/c1-13(19)15-8-5-9-16(12-15)18-11-10-17(20)14-6-3-2-4-7-14/h2-13,18-19H,1H3/b11-10+/t13-/m1/s1. The van der Waals surface area contributed by atoms with Crippen molar-refractivity contribution in [1.82, 2.24) is 0 Å². The molecule has 0 amide bonds. The first-order chi connectivity index (χ1) is 9.66. The summed E-state index contributed by atoms with van der Waals surface area (Å²) in [6.45, 7) is 1.72. The third kappa shape index (κ3) is 3.80. The van der Waals surface area contributed by atoms with Crippen molar-refractivity contribution in [3.05, 3.63) is 78.0 Å². The van der Waals surface area contributed by atoms with Crippen molar-refractivity contribution in [3.8, 4) is 0 Å². The fourth-order valence-electron chi connectivity index (χ4n) is 1.80. The van der Waals surface area contributed by atoms with E-state index < -0.39 is 6.10 Å². The van der Waals surface area contributed by atoms with Gasteiger partial charge < -0.3 is 10.4 Å². The van der Waals surface area contributed by atoms with Crippen LogP contribution in [0.4, 0.5) is 5.69 Å². The molecule has 2 aromatic rings. The average Bonchev–Trinajstić information content (AvgIpc) is 2.48. The van der Waals surface area contributed by atoms with Gasteiger partial charge in [0.2, 0.25) is 0 Å². The van der Waals surface area contributed by atoms with E-state index in [9.17, 15) is 9.90 Å². The number of aliphatic hydroxyl groups is 1. The largest absolute Gasteiger partial charge is 0.389 e. The highest BCUT2D eigenvalue weighted by molar-refractivity contribution is 6.04. The zero-order chi connectivity index (χ0) is 14.4. The van der Waals surface area contributed by atoms with Crippen LogP contribution in [-0.2, 0) is 0 Å². The normalized spacial score (nSPS) is 12.3. The molecule has 0 saturated carbocycles. The molecule has 2 N–H and O–H groups in total. The lowest BCUT2D eigenvalue weighted by Crippen LogP contribution is -1.97. The second-order valence-corrected chi connectivity index (χ2v) is 4.51. The van der Waals surface area contributed by atoms with Gasteiger partial charge >= 0.3 is 0 Å². The van der Waals surface area contributed by atoms with Gasteiger partial charge in [-0.15, -0.1) is 0 Å².